The molecule has 1 N–H and O–H groups in total. The number of carbonyl (C=O) groups excluding carboxylic acids is 1. The minimum atomic E-state index is -1.36. The zero-order chi connectivity index (χ0) is 20.8. The van der Waals surface area contributed by atoms with Crippen molar-refractivity contribution in [1.82, 2.24) is 0 Å². The molecule has 1 aliphatic rings. The summed E-state index contributed by atoms with van der Waals surface area (Å²) in [5.41, 5.74) is 2.81. The van der Waals surface area contributed by atoms with Crippen molar-refractivity contribution in [3.05, 3.63) is 108 Å². The van der Waals surface area contributed by atoms with Gasteiger partial charge in [-0.1, -0.05) is 91.0 Å². The highest BCUT2D eigenvalue weighted by atomic mass is 16.6. The fourth-order valence-corrected chi connectivity index (χ4v) is 3.56. The SMILES string of the molecule is O=C1O[C@H]([C@H](OCc2ccccc2)c2ccccc2)[C@H](OCc2ccccc2)[C@H]1O. The predicted octanol–water partition coefficient (Wildman–Crippen LogP) is 3.82. The fraction of sp³-hybridized carbons (Fsp3) is 0.240. The maximum absolute atomic E-state index is 12.2. The Morgan fingerprint density at radius 1 is 0.800 bits per heavy atom. The van der Waals surface area contributed by atoms with Crippen LogP contribution in [0, 0.1) is 0 Å². The Kier molecular flexibility index (Phi) is 6.54. The van der Waals surface area contributed by atoms with Crippen LogP contribution in [0.15, 0.2) is 91.0 Å². The molecule has 5 nitrogen and oxygen atoms in total. The number of esters is 1. The van der Waals surface area contributed by atoms with Gasteiger partial charge in [-0.05, 0) is 16.7 Å². The summed E-state index contributed by atoms with van der Waals surface area (Å²) >= 11 is 0. The topological polar surface area (TPSA) is 65.0 Å². The van der Waals surface area contributed by atoms with Crippen LogP contribution >= 0.6 is 0 Å². The van der Waals surface area contributed by atoms with Crippen LogP contribution in [-0.2, 0) is 32.2 Å². The number of aliphatic hydroxyl groups is 1. The molecule has 1 heterocycles. The van der Waals surface area contributed by atoms with Crippen molar-refractivity contribution in [3.8, 4) is 0 Å². The van der Waals surface area contributed by atoms with Crippen molar-refractivity contribution in [2.24, 2.45) is 0 Å². The van der Waals surface area contributed by atoms with Crippen LogP contribution in [0.3, 0.4) is 0 Å². The molecule has 0 aromatic heterocycles. The number of rotatable bonds is 8. The monoisotopic (exact) mass is 404 g/mol. The minimum absolute atomic E-state index is 0.260. The van der Waals surface area contributed by atoms with Crippen molar-refractivity contribution in [3.63, 3.8) is 0 Å². The lowest BCUT2D eigenvalue weighted by Gasteiger charge is -2.28. The van der Waals surface area contributed by atoms with E-state index in [1.807, 2.05) is 91.0 Å². The molecule has 3 aromatic carbocycles. The largest absolute Gasteiger partial charge is 0.454 e. The lowest BCUT2D eigenvalue weighted by atomic mass is 9.99. The summed E-state index contributed by atoms with van der Waals surface area (Å²) in [7, 11) is 0. The maximum Gasteiger partial charge on any atom is 0.338 e. The van der Waals surface area contributed by atoms with Gasteiger partial charge in [-0.3, -0.25) is 0 Å². The highest BCUT2D eigenvalue weighted by Crippen LogP contribution is 2.34. The number of ether oxygens (including phenoxy) is 3. The van der Waals surface area contributed by atoms with Crippen LogP contribution in [0.1, 0.15) is 22.8 Å². The first kappa shape index (κ1) is 20.3. The number of hydrogen-bond acceptors (Lipinski definition) is 5. The Morgan fingerprint density at radius 2 is 1.33 bits per heavy atom. The second kappa shape index (κ2) is 9.67. The highest BCUT2D eigenvalue weighted by Gasteiger charge is 2.49. The summed E-state index contributed by atoms with van der Waals surface area (Å²) in [5.74, 6) is -0.692. The van der Waals surface area contributed by atoms with Gasteiger partial charge in [0.2, 0.25) is 0 Å². The summed E-state index contributed by atoms with van der Waals surface area (Å²) in [5, 5.41) is 10.4. The van der Waals surface area contributed by atoms with E-state index < -0.39 is 30.4 Å². The third kappa shape index (κ3) is 4.76. The summed E-state index contributed by atoms with van der Waals surface area (Å²) in [6.07, 6.45) is -3.53. The molecular weight excluding hydrogens is 380 g/mol. The molecule has 4 rings (SSSR count). The molecule has 0 unspecified atom stereocenters. The van der Waals surface area contributed by atoms with Gasteiger partial charge in [0.25, 0.3) is 0 Å². The van der Waals surface area contributed by atoms with Crippen LogP contribution in [0.5, 0.6) is 0 Å². The van der Waals surface area contributed by atoms with E-state index >= 15 is 0 Å². The number of aliphatic hydroxyl groups excluding tert-OH is 1. The smallest absolute Gasteiger partial charge is 0.338 e. The fourth-order valence-electron chi connectivity index (χ4n) is 3.56. The van der Waals surface area contributed by atoms with Gasteiger partial charge in [-0.2, -0.15) is 0 Å². The first-order valence-electron chi connectivity index (χ1n) is 9.97. The Morgan fingerprint density at radius 3 is 1.93 bits per heavy atom. The molecule has 5 heteroatoms. The maximum atomic E-state index is 12.2. The zero-order valence-corrected chi connectivity index (χ0v) is 16.5. The van der Waals surface area contributed by atoms with Gasteiger partial charge in [0.05, 0.1) is 13.2 Å². The average Bonchev–Trinajstić information content (AvgIpc) is 3.08. The lowest BCUT2D eigenvalue weighted by Crippen LogP contribution is -2.38. The van der Waals surface area contributed by atoms with E-state index in [-0.39, 0.29) is 6.61 Å². The van der Waals surface area contributed by atoms with Gasteiger partial charge in [-0.15, -0.1) is 0 Å². The Labute approximate surface area is 175 Å². The number of hydrogen-bond donors (Lipinski definition) is 1. The van der Waals surface area contributed by atoms with Crippen molar-refractivity contribution < 1.29 is 24.1 Å². The summed E-state index contributed by atoms with van der Waals surface area (Å²) in [6.45, 7) is 0.603. The van der Waals surface area contributed by atoms with Crippen LogP contribution < -0.4 is 0 Å². The second-order valence-electron chi connectivity index (χ2n) is 7.24. The molecule has 0 radical (unpaired) electrons. The van der Waals surface area contributed by atoms with Gasteiger partial charge in [0.15, 0.2) is 12.2 Å². The van der Waals surface area contributed by atoms with E-state index in [1.165, 1.54) is 0 Å². The summed E-state index contributed by atoms with van der Waals surface area (Å²) < 4.78 is 17.7. The molecule has 3 aromatic rings. The van der Waals surface area contributed by atoms with E-state index in [1.54, 1.807) is 0 Å². The first-order valence-corrected chi connectivity index (χ1v) is 9.97. The van der Waals surface area contributed by atoms with E-state index in [2.05, 4.69) is 0 Å². The molecule has 0 saturated carbocycles. The van der Waals surface area contributed by atoms with E-state index in [4.69, 9.17) is 14.2 Å². The van der Waals surface area contributed by atoms with Gasteiger partial charge in [0.1, 0.15) is 12.2 Å². The standard InChI is InChI=1S/C25H24O5/c26-21-23(29-17-19-12-6-2-7-13-19)24(30-25(21)27)22(20-14-8-3-9-15-20)28-16-18-10-4-1-5-11-18/h1-15,21-24,26H,16-17H2/t21-,22-,23-,24-/m1/s1. The average molecular weight is 404 g/mol. The highest BCUT2D eigenvalue weighted by molar-refractivity contribution is 5.78. The van der Waals surface area contributed by atoms with E-state index in [9.17, 15) is 9.90 Å². The van der Waals surface area contributed by atoms with Crippen molar-refractivity contribution in [1.29, 1.82) is 0 Å². The first-order chi connectivity index (χ1) is 14.7. The van der Waals surface area contributed by atoms with E-state index in [0.717, 1.165) is 16.7 Å². The Balaban J connectivity index is 1.55. The number of cyclic esters (lactones) is 1. The molecule has 0 spiro atoms. The third-order valence-electron chi connectivity index (χ3n) is 5.11. The summed E-state index contributed by atoms with van der Waals surface area (Å²) in [6, 6.07) is 29.0. The Hall–Kier alpha value is -2.99. The Bertz CT molecular complexity index is 930. The van der Waals surface area contributed by atoms with Gasteiger partial charge >= 0.3 is 5.97 Å². The number of benzene rings is 3. The molecule has 154 valence electrons. The minimum Gasteiger partial charge on any atom is -0.454 e. The quantitative estimate of drug-likeness (QED) is 0.579. The molecular formula is C25H24O5. The van der Waals surface area contributed by atoms with Crippen LogP contribution in [0.2, 0.25) is 0 Å². The third-order valence-corrected chi connectivity index (χ3v) is 5.11. The molecule has 30 heavy (non-hydrogen) atoms. The predicted molar refractivity (Wildman–Crippen MR) is 111 cm³/mol. The van der Waals surface area contributed by atoms with Crippen LogP contribution in [0.25, 0.3) is 0 Å². The summed E-state index contributed by atoms with van der Waals surface area (Å²) in [4.78, 5) is 12.2. The van der Waals surface area contributed by atoms with Gasteiger partial charge in [0, 0.05) is 0 Å². The number of carbonyl (C=O) groups is 1. The van der Waals surface area contributed by atoms with Crippen molar-refractivity contribution >= 4 is 5.97 Å². The molecule has 0 aliphatic carbocycles. The van der Waals surface area contributed by atoms with Gasteiger partial charge < -0.3 is 19.3 Å². The lowest BCUT2D eigenvalue weighted by molar-refractivity contribution is -0.153. The van der Waals surface area contributed by atoms with Crippen molar-refractivity contribution in [2.75, 3.05) is 0 Å². The van der Waals surface area contributed by atoms with E-state index in [0.29, 0.717) is 6.61 Å². The molecule has 0 amide bonds. The zero-order valence-electron chi connectivity index (χ0n) is 16.5. The van der Waals surface area contributed by atoms with Crippen LogP contribution in [-0.4, -0.2) is 29.4 Å². The molecule has 1 aliphatic heterocycles. The van der Waals surface area contributed by atoms with Gasteiger partial charge in [-0.25, -0.2) is 4.79 Å². The van der Waals surface area contributed by atoms with Crippen LogP contribution in [0.4, 0.5) is 0 Å². The molecule has 0 bridgehead atoms. The molecule has 1 fully saturated rings. The van der Waals surface area contributed by atoms with Crippen molar-refractivity contribution in [2.45, 2.75) is 37.6 Å². The normalized spacial score (nSPS) is 21.9. The second-order valence-corrected chi connectivity index (χ2v) is 7.24. The molecule has 4 atom stereocenters. The molecule has 1 saturated heterocycles.